The van der Waals surface area contributed by atoms with Gasteiger partial charge in [0.2, 0.25) is 0 Å². The molecule has 1 heterocycles. The van der Waals surface area contributed by atoms with Gasteiger partial charge in [0, 0.05) is 11.6 Å². The number of allylic oxidation sites excluding steroid dienone is 3. The van der Waals surface area contributed by atoms with E-state index in [0.717, 1.165) is 0 Å². The summed E-state index contributed by atoms with van der Waals surface area (Å²) in [6, 6.07) is 0. The van der Waals surface area contributed by atoms with E-state index < -0.39 is 19.0 Å². The van der Waals surface area contributed by atoms with E-state index in [2.05, 4.69) is 19.1 Å². The summed E-state index contributed by atoms with van der Waals surface area (Å²) in [5.74, 6) is 0.501. The van der Waals surface area contributed by atoms with Gasteiger partial charge in [-0.1, -0.05) is 30.9 Å². The second-order valence-electron chi connectivity index (χ2n) is 9.64. The smallest absolute Gasteiger partial charge is 0.281 e. The zero-order valence-electron chi connectivity index (χ0n) is 18.6. The molecule has 0 aromatic heterocycles. The number of hydrogen-bond donors (Lipinski definition) is 0. The van der Waals surface area contributed by atoms with Crippen LogP contribution in [0, 0.1) is 5.92 Å². The number of phosphoric ester groups is 1. The van der Waals surface area contributed by atoms with E-state index in [0.29, 0.717) is 12.5 Å². The summed E-state index contributed by atoms with van der Waals surface area (Å²) in [6.07, 6.45) is 10.5. The second kappa shape index (κ2) is 9.44. The highest BCUT2D eigenvalue weighted by Gasteiger charge is 2.37. The molecule has 1 aliphatic carbocycles. The van der Waals surface area contributed by atoms with Gasteiger partial charge < -0.3 is 0 Å². The van der Waals surface area contributed by atoms with E-state index in [1.54, 1.807) is 0 Å². The molecule has 1 aliphatic heterocycles. The van der Waals surface area contributed by atoms with Crippen molar-refractivity contribution in [1.82, 2.24) is 5.06 Å². The third kappa shape index (κ3) is 8.00. The molecule has 0 radical (unpaired) electrons. The van der Waals surface area contributed by atoms with Crippen molar-refractivity contribution in [2.75, 3.05) is 13.3 Å². The SMILES string of the molecule is CC1=CCN(OCOP(=O)(OC(C)(C)C)OC(C)(C)C)C(C2CCCCC2)=C1. The first-order chi connectivity index (χ1) is 12.9. The van der Waals surface area contributed by atoms with Crippen LogP contribution in [0.15, 0.2) is 23.4 Å². The quantitative estimate of drug-likeness (QED) is 0.356. The molecule has 1 saturated carbocycles. The van der Waals surface area contributed by atoms with Gasteiger partial charge in [-0.15, -0.1) is 0 Å². The van der Waals surface area contributed by atoms with Crippen LogP contribution in [0.1, 0.15) is 80.6 Å². The minimum absolute atomic E-state index is 0.194. The predicted octanol–water partition coefficient (Wildman–Crippen LogP) is 6.36. The highest BCUT2D eigenvalue weighted by molar-refractivity contribution is 7.48. The van der Waals surface area contributed by atoms with Crippen LogP contribution in [0.3, 0.4) is 0 Å². The summed E-state index contributed by atoms with van der Waals surface area (Å²) in [5, 5.41) is 1.86. The molecule has 2 rings (SSSR count). The van der Waals surface area contributed by atoms with E-state index in [9.17, 15) is 4.57 Å². The first kappa shape index (κ1) is 23.6. The van der Waals surface area contributed by atoms with Crippen molar-refractivity contribution in [3.05, 3.63) is 23.4 Å². The third-order valence-corrected chi connectivity index (χ3v) is 6.42. The molecule has 0 bridgehead atoms. The molecule has 0 saturated heterocycles. The molecule has 0 atom stereocenters. The summed E-state index contributed by atoms with van der Waals surface area (Å²) in [6.45, 7) is 13.5. The lowest BCUT2D eigenvalue weighted by molar-refractivity contribution is -0.188. The van der Waals surface area contributed by atoms with E-state index in [-0.39, 0.29) is 6.79 Å². The van der Waals surface area contributed by atoms with Crippen molar-refractivity contribution in [3.8, 4) is 0 Å². The van der Waals surface area contributed by atoms with Crippen molar-refractivity contribution in [2.45, 2.75) is 91.8 Å². The predicted molar refractivity (Wildman–Crippen MR) is 111 cm³/mol. The summed E-state index contributed by atoms with van der Waals surface area (Å²) < 4.78 is 29.9. The van der Waals surface area contributed by atoms with Crippen LogP contribution in [0.4, 0.5) is 0 Å². The van der Waals surface area contributed by atoms with Crippen molar-refractivity contribution in [2.24, 2.45) is 5.92 Å². The number of rotatable bonds is 7. The average Bonchev–Trinajstić information content (AvgIpc) is 2.53. The minimum atomic E-state index is -3.78. The topological polar surface area (TPSA) is 57.2 Å². The number of nitrogens with zero attached hydrogens (tertiary/aromatic N) is 1. The van der Waals surface area contributed by atoms with Gasteiger partial charge in [0.25, 0.3) is 0 Å². The Hall–Kier alpha value is -0.650. The van der Waals surface area contributed by atoms with Gasteiger partial charge in [0.05, 0.1) is 17.7 Å². The molecule has 0 amide bonds. The van der Waals surface area contributed by atoms with E-state index in [1.807, 2.05) is 46.6 Å². The normalized spacial score (nSPS) is 20.2. The average molecular weight is 416 g/mol. The molecule has 0 spiro atoms. The maximum absolute atomic E-state index is 13.1. The Morgan fingerprint density at radius 2 is 1.61 bits per heavy atom. The highest BCUT2D eigenvalue weighted by atomic mass is 31.2. The van der Waals surface area contributed by atoms with Crippen LogP contribution in [0.5, 0.6) is 0 Å². The Kier molecular flexibility index (Phi) is 7.97. The molecule has 0 aromatic rings. The lowest BCUT2D eigenvalue weighted by Gasteiger charge is -2.35. The molecule has 6 nitrogen and oxygen atoms in total. The maximum atomic E-state index is 13.1. The van der Waals surface area contributed by atoms with Gasteiger partial charge in [-0.25, -0.2) is 9.40 Å². The van der Waals surface area contributed by atoms with Crippen LogP contribution in [0.25, 0.3) is 0 Å². The molecular weight excluding hydrogens is 377 g/mol. The molecule has 0 unspecified atom stereocenters. The molecule has 162 valence electrons. The van der Waals surface area contributed by atoms with Crippen LogP contribution >= 0.6 is 7.82 Å². The van der Waals surface area contributed by atoms with Gasteiger partial charge in [-0.2, -0.15) is 0 Å². The zero-order valence-corrected chi connectivity index (χ0v) is 19.5. The van der Waals surface area contributed by atoms with Crippen molar-refractivity contribution < 1.29 is 23.0 Å². The van der Waals surface area contributed by atoms with Gasteiger partial charge in [-0.05, 0) is 67.4 Å². The van der Waals surface area contributed by atoms with E-state index in [1.165, 1.54) is 43.4 Å². The Morgan fingerprint density at radius 3 is 2.14 bits per heavy atom. The van der Waals surface area contributed by atoms with Crippen LogP contribution in [-0.2, 0) is 23.0 Å². The molecule has 0 N–H and O–H groups in total. The zero-order chi connectivity index (χ0) is 21.0. The largest absolute Gasteiger partial charge is 0.478 e. The van der Waals surface area contributed by atoms with Gasteiger partial charge in [-0.3, -0.25) is 18.6 Å². The highest BCUT2D eigenvalue weighted by Crippen LogP contribution is 2.55. The summed E-state index contributed by atoms with van der Waals surface area (Å²) in [7, 11) is -3.78. The number of hydroxylamine groups is 2. The molecule has 2 aliphatic rings. The van der Waals surface area contributed by atoms with Crippen molar-refractivity contribution in [3.63, 3.8) is 0 Å². The fraction of sp³-hybridized carbons (Fsp3) is 0.810. The maximum Gasteiger partial charge on any atom is 0.478 e. The molecule has 1 fully saturated rings. The Balaban J connectivity index is 2.01. The van der Waals surface area contributed by atoms with Crippen LogP contribution in [-0.4, -0.2) is 29.6 Å². The van der Waals surface area contributed by atoms with E-state index in [4.69, 9.17) is 18.4 Å². The Labute approximate surface area is 170 Å². The first-order valence-electron chi connectivity index (χ1n) is 10.3. The van der Waals surface area contributed by atoms with Crippen molar-refractivity contribution >= 4 is 7.82 Å². The summed E-state index contributed by atoms with van der Waals surface area (Å²) >= 11 is 0. The molecule has 0 aromatic carbocycles. The number of hydrogen-bond acceptors (Lipinski definition) is 6. The van der Waals surface area contributed by atoms with Crippen LogP contribution in [0.2, 0.25) is 0 Å². The van der Waals surface area contributed by atoms with Gasteiger partial charge in [0.15, 0.2) is 6.79 Å². The number of phosphoric acid groups is 1. The van der Waals surface area contributed by atoms with Crippen molar-refractivity contribution in [1.29, 1.82) is 0 Å². The Bertz CT molecular complexity index is 604. The fourth-order valence-corrected chi connectivity index (χ4v) is 5.10. The standard InChI is InChI=1S/C21H38NO5P/c1-17-13-14-22(19(15-17)18-11-9-8-10-12-18)24-16-25-28(23,26-20(2,3)4)27-21(5,6)7/h13,15,18H,8-12,14,16H2,1-7H3. The summed E-state index contributed by atoms with van der Waals surface area (Å²) in [4.78, 5) is 5.89. The Morgan fingerprint density at radius 1 is 1.04 bits per heavy atom. The van der Waals surface area contributed by atoms with E-state index >= 15 is 0 Å². The molecule has 7 heteroatoms. The molecule has 28 heavy (non-hydrogen) atoms. The second-order valence-corrected chi connectivity index (χ2v) is 11.2. The van der Waals surface area contributed by atoms with Crippen LogP contribution < -0.4 is 0 Å². The lowest BCUT2D eigenvalue weighted by Crippen LogP contribution is -2.32. The fourth-order valence-electron chi connectivity index (χ4n) is 3.44. The minimum Gasteiger partial charge on any atom is -0.281 e. The van der Waals surface area contributed by atoms with Gasteiger partial charge >= 0.3 is 7.82 Å². The summed E-state index contributed by atoms with van der Waals surface area (Å²) in [5.41, 5.74) is 1.10. The van der Waals surface area contributed by atoms with Gasteiger partial charge in [0.1, 0.15) is 0 Å². The monoisotopic (exact) mass is 415 g/mol. The lowest BCUT2D eigenvalue weighted by atomic mass is 9.85. The first-order valence-corrected chi connectivity index (χ1v) is 11.8. The third-order valence-electron chi connectivity index (χ3n) is 4.46. The molecular formula is C21H38NO5P.